The number of esters is 1. The minimum Gasteiger partial charge on any atom is -0.461 e. The van der Waals surface area contributed by atoms with Crippen LogP contribution in [0.5, 0.6) is 5.75 Å². The zero-order valence-corrected chi connectivity index (χ0v) is 25.5. The molecule has 3 aromatic rings. The molecule has 0 amide bonds. The number of aromatic nitrogens is 4. The van der Waals surface area contributed by atoms with Crippen LogP contribution in [0.15, 0.2) is 30.9 Å². The zero-order valence-electron chi connectivity index (χ0n) is 23.8. The highest BCUT2D eigenvalue weighted by molar-refractivity contribution is 7.52. The minimum atomic E-state index is -4.46. The van der Waals surface area contributed by atoms with Gasteiger partial charge in [-0.15, -0.1) is 0 Å². The van der Waals surface area contributed by atoms with E-state index in [1.54, 1.807) is 6.92 Å². The molecule has 3 heterocycles. The first-order chi connectivity index (χ1) is 20.5. The molecule has 43 heavy (non-hydrogen) atoms. The number of nitrogens with one attached hydrogen (secondary N) is 1. The van der Waals surface area contributed by atoms with Gasteiger partial charge in [-0.25, -0.2) is 23.9 Å². The fourth-order valence-corrected chi connectivity index (χ4v) is 7.08. The van der Waals surface area contributed by atoms with Gasteiger partial charge < -0.3 is 24.2 Å². The van der Waals surface area contributed by atoms with Gasteiger partial charge in [-0.2, -0.15) is 5.09 Å². The molecule has 1 saturated heterocycles. The monoisotopic (exact) mass is 641 g/mol. The van der Waals surface area contributed by atoms with E-state index >= 15 is 0 Å². The summed E-state index contributed by atoms with van der Waals surface area (Å²) < 4.78 is 52.4. The summed E-state index contributed by atoms with van der Waals surface area (Å²) in [5, 5.41) is 24.1. The molecule has 3 N–H and O–H groups in total. The largest absolute Gasteiger partial charge is 0.461 e. The maximum Gasteiger partial charge on any atom is 0.459 e. The molecule has 2 aliphatic rings. The molecule has 234 valence electrons. The van der Waals surface area contributed by atoms with Crippen LogP contribution in [0.1, 0.15) is 57.9 Å². The predicted octanol–water partition coefficient (Wildman–Crippen LogP) is 3.99. The third-order valence-electron chi connectivity index (χ3n) is 7.52. The Kier molecular flexibility index (Phi) is 9.67. The van der Waals surface area contributed by atoms with Crippen molar-refractivity contribution < 1.29 is 42.5 Å². The number of imidazole rings is 1. The number of carbonyl (C=O) groups excluding carboxylic acids is 1. The van der Waals surface area contributed by atoms with E-state index in [9.17, 15) is 24.0 Å². The maximum atomic E-state index is 14.1. The molecular weight excluding hydrogens is 608 g/mol. The van der Waals surface area contributed by atoms with Crippen LogP contribution in [-0.2, 0) is 23.4 Å². The zero-order chi connectivity index (χ0) is 30.9. The average molecular weight is 642 g/mol. The van der Waals surface area contributed by atoms with Gasteiger partial charge in [0, 0.05) is 6.07 Å². The molecule has 0 spiro atoms. The molecule has 2 aromatic heterocycles. The average Bonchev–Trinajstić information content (AvgIpc) is 3.52. The molecule has 7 atom stereocenters. The van der Waals surface area contributed by atoms with Crippen molar-refractivity contribution in [2.24, 2.45) is 0 Å². The Balaban J connectivity index is 1.35. The number of aliphatic hydroxyl groups excluding tert-OH is 2. The van der Waals surface area contributed by atoms with Crippen molar-refractivity contribution in [3.05, 3.63) is 47.4 Å². The fourth-order valence-electron chi connectivity index (χ4n) is 5.23. The lowest BCUT2D eigenvalue weighted by molar-refractivity contribution is -0.152. The van der Waals surface area contributed by atoms with Crippen LogP contribution in [0.2, 0.25) is 5.02 Å². The summed E-state index contributed by atoms with van der Waals surface area (Å²) >= 11 is 5.89. The van der Waals surface area contributed by atoms with Crippen LogP contribution in [-0.4, -0.2) is 72.3 Å². The summed E-state index contributed by atoms with van der Waals surface area (Å²) in [6.45, 7) is 4.66. The molecule has 1 aromatic carbocycles. The first-order valence-corrected chi connectivity index (χ1v) is 15.9. The Morgan fingerprint density at radius 2 is 1.93 bits per heavy atom. The number of halogens is 2. The summed E-state index contributed by atoms with van der Waals surface area (Å²) in [7, 11) is -4.46. The van der Waals surface area contributed by atoms with Crippen molar-refractivity contribution in [3.8, 4) is 5.75 Å². The number of nitrogens with zero attached hydrogens (tertiary/aromatic N) is 4. The molecule has 0 radical (unpaired) electrons. The van der Waals surface area contributed by atoms with E-state index in [0.717, 1.165) is 44.2 Å². The summed E-state index contributed by atoms with van der Waals surface area (Å²) in [4.78, 5) is 25.5. The number of carbonyl (C=O) groups is 1. The van der Waals surface area contributed by atoms with Crippen LogP contribution >= 0.6 is 19.3 Å². The maximum absolute atomic E-state index is 14.1. The highest BCUT2D eigenvalue weighted by atomic mass is 35.5. The van der Waals surface area contributed by atoms with E-state index < -0.39 is 56.2 Å². The molecule has 1 saturated carbocycles. The van der Waals surface area contributed by atoms with Gasteiger partial charge in [0.2, 0.25) is 0 Å². The third-order valence-corrected chi connectivity index (χ3v) is 9.57. The standard InChI is InChI=1S/C27H34ClFN5O8P/c1-14-21-25(31-12-30-14)34(13-32-21)26-23(36)22(35)24(40-26)16(3)41-43(38,42-18-9-10-20(29)19(28)11-18)33-15(2)27(37)39-17-7-5-4-6-8-17/h9-13,15-17,22-24,26,35-36H,4-8H2,1-3H3,(H,33,38)/t15?,16?,22-,23+,24?,26?,43?/m0/s1. The summed E-state index contributed by atoms with van der Waals surface area (Å²) in [5.74, 6) is -1.47. The third kappa shape index (κ3) is 7.01. The number of rotatable bonds is 10. The Hall–Kier alpha value is -2.71. The summed E-state index contributed by atoms with van der Waals surface area (Å²) in [6.07, 6.45) is 0.569. The molecular formula is C27H34ClFN5O8P. The highest BCUT2D eigenvalue weighted by Crippen LogP contribution is 2.48. The number of hydrogen-bond acceptors (Lipinski definition) is 11. The van der Waals surface area contributed by atoms with Gasteiger partial charge in [0.25, 0.3) is 0 Å². The van der Waals surface area contributed by atoms with E-state index in [2.05, 4.69) is 20.0 Å². The Labute approximate surface area is 252 Å². The molecule has 0 bridgehead atoms. The van der Waals surface area contributed by atoms with E-state index in [1.165, 1.54) is 37.1 Å². The van der Waals surface area contributed by atoms with Crippen molar-refractivity contribution in [2.45, 2.75) is 95.7 Å². The lowest BCUT2D eigenvalue weighted by Gasteiger charge is -2.29. The van der Waals surface area contributed by atoms with Crippen LogP contribution in [0.25, 0.3) is 11.2 Å². The summed E-state index contributed by atoms with van der Waals surface area (Å²) in [6, 6.07) is 2.20. The molecule has 1 aliphatic carbocycles. The molecule has 5 unspecified atom stereocenters. The molecule has 16 heteroatoms. The van der Waals surface area contributed by atoms with Crippen molar-refractivity contribution in [1.29, 1.82) is 0 Å². The number of aliphatic hydroxyl groups is 2. The van der Waals surface area contributed by atoms with Crippen molar-refractivity contribution in [1.82, 2.24) is 24.6 Å². The Morgan fingerprint density at radius 3 is 2.65 bits per heavy atom. The van der Waals surface area contributed by atoms with Crippen LogP contribution in [0.4, 0.5) is 4.39 Å². The molecule has 5 rings (SSSR count). The molecule has 13 nitrogen and oxygen atoms in total. The number of ether oxygens (including phenoxy) is 2. The van der Waals surface area contributed by atoms with Crippen LogP contribution in [0.3, 0.4) is 0 Å². The van der Waals surface area contributed by atoms with Gasteiger partial charge in [0.05, 0.1) is 23.1 Å². The molecule has 2 fully saturated rings. The second-order valence-electron chi connectivity index (χ2n) is 10.8. The lowest BCUT2D eigenvalue weighted by Crippen LogP contribution is -2.41. The fraction of sp³-hybridized carbons (Fsp3) is 0.556. The van der Waals surface area contributed by atoms with Crippen LogP contribution < -0.4 is 9.61 Å². The van der Waals surface area contributed by atoms with Gasteiger partial charge in [-0.1, -0.05) is 18.0 Å². The lowest BCUT2D eigenvalue weighted by atomic mass is 9.98. The summed E-state index contributed by atoms with van der Waals surface area (Å²) in [5.41, 5.74) is 1.49. The minimum absolute atomic E-state index is 0.104. The second-order valence-corrected chi connectivity index (χ2v) is 12.8. The van der Waals surface area contributed by atoms with E-state index in [4.69, 9.17) is 30.1 Å². The topological polar surface area (TPSA) is 167 Å². The van der Waals surface area contributed by atoms with Gasteiger partial charge in [0.15, 0.2) is 11.9 Å². The van der Waals surface area contributed by atoms with E-state index in [-0.39, 0.29) is 16.9 Å². The number of fused-ring (bicyclic) bond motifs is 1. The number of hydrogen-bond donors (Lipinski definition) is 3. The van der Waals surface area contributed by atoms with Gasteiger partial charge in [-0.05, 0) is 58.6 Å². The first-order valence-electron chi connectivity index (χ1n) is 14.0. The smallest absolute Gasteiger partial charge is 0.459 e. The first kappa shape index (κ1) is 31.7. The highest BCUT2D eigenvalue weighted by Gasteiger charge is 2.49. The van der Waals surface area contributed by atoms with Gasteiger partial charge >= 0.3 is 13.7 Å². The van der Waals surface area contributed by atoms with E-state index in [1.807, 2.05) is 0 Å². The molecule has 1 aliphatic heterocycles. The number of aryl methyl sites for hydroxylation is 1. The van der Waals surface area contributed by atoms with Gasteiger partial charge in [-0.3, -0.25) is 13.9 Å². The normalized spacial score (nSPS) is 25.7. The SMILES string of the molecule is Cc1ncnc2c1ncn2C1OC(C(C)OP(=O)(NC(C)C(=O)OC2CCCCC2)Oc2ccc(F)c(Cl)c2)[C@@H](O)[C@H]1O. The quantitative estimate of drug-likeness (QED) is 0.215. The number of benzene rings is 1. The van der Waals surface area contributed by atoms with Crippen molar-refractivity contribution in [3.63, 3.8) is 0 Å². The van der Waals surface area contributed by atoms with Gasteiger partial charge in [0.1, 0.15) is 53.9 Å². The van der Waals surface area contributed by atoms with E-state index in [0.29, 0.717) is 16.9 Å². The predicted molar refractivity (Wildman–Crippen MR) is 152 cm³/mol. The van der Waals surface area contributed by atoms with Crippen molar-refractivity contribution >= 4 is 36.5 Å². The second kappa shape index (κ2) is 13.1. The Morgan fingerprint density at radius 1 is 1.19 bits per heavy atom. The van der Waals surface area contributed by atoms with Crippen molar-refractivity contribution in [2.75, 3.05) is 0 Å². The Bertz CT molecular complexity index is 1510. The van der Waals surface area contributed by atoms with Crippen LogP contribution in [0, 0.1) is 12.7 Å².